The molecule has 1 heterocycles. The van der Waals surface area contributed by atoms with E-state index in [0.29, 0.717) is 6.42 Å². The number of ether oxygens (including phenoxy) is 1. The van der Waals surface area contributed by atoms with E-state index in [4.69, 9.17) is 13.1 Å². The standard InChI is InChI=1S/C13H25NO8S2/c1-13(2,3)21-12(15)14-7-6-10(9-20-23(4,16)17)11(8-14)22-24(5,18)19/h10-11H,6-9H2,1-5H3. The van der Waals surface area contributed by atoms with Gasteiger partial charge >= 0.3 is 6.09 Å². The van der Waals surface area contributed by atoms with E-state index in [1.54, 1.807) is 20.8 Å². The lowest BCUT2D eigenvalue weighted by Gasteiger charge is -2.37. The highest BCUT2D eigenvalue weighted by Crippen LogP contribution is 2.24. The first kappa shape index (κ1) is 21.1. The molecular weight excluding hydrogens is 362 g/mol. The second-order valence-electron chi connectivity index (χ2n) is 6.80. The van der Waals surface area contributed by atoms with Crippen molar-refractivity contribution in [3.8, 4) is 0 Å². The number of nitrogens with zero attached hydrogens (tertiary/aromatic N) is 1. The number of carbonyl (C=O) groups excluding carboxylic acids is 1. The fourth-order valence-corrected chi connectivity index (χ4v) is 3.28. The fraction of sp³-hybridized carbons (Fsp3) is 0.923. The molecule has 0 aliphatic carbocycles. The van der Waals surface area contributed by atoms with E-state index in [9.17, 15) is 21.6 Å². The van der Waals surface area contributed by atoms with Crippen LogP contribution in [0.25, 0.3) is 0 Å². The molecule has 0 aromatic heterocycles. The molecule has 1 rings (SSSR count). The molecule has 11 heteroatoms. The summed E-state index contributed by atoms with van der Waals surface area (Å²) < 4.78 is 60.2. The highest BCUT2D eigenvalue weighted by Gasteiger charge is 2.36. The van der Waals surface area contributed by atoms with Crippen molar-refractivity contribution in [2.75, 3.05) is 32.2 Å². The Kier molecular flexibility index (Phi) is 6.64. The molecule has 0 aromatic rings. The van der Waals surface area contributed by atoms with Crippen molar-refractivity contribution >= 4 is 26.3 Å². The van der Waals surface area contributed by atoms with Crippen LogP contribution in [0.2, 0.25) is 0 Å². The highest BCUT2D eigenvalue weighted by molar-refractivity contribution is 7.86. The lowest BCUT2D eigenvalue weighted by Crippen LogP contribution is -2.50. The van der Waals surface area contributed by atoms with Gasteiger partial charge in [0.25, 0.3) is 20.2 Å². The number of amides is 1. The van der Waals surface area contributed by atoms with Crippen molar-refractivity contribution in [3.05, 3.63) is 0 Å². The van der Waals surface area contributed by atoms with Crippen molar-refractivity contribution in [2.45, 2.75) is 38.9 Å². The number of rotatable bonds is 5. The van der Waals surface area contributed by atoms with Crippen LogP contribution in [0.3, 0.4) is 0 Å². The van der Waals surface area contributed by atoms with Gasteiger partial charge in [-0.05, 0) is 27.2 Å². The summed E-state index contributed by atoms with van der Waals surface area (Å²) in [6.07, 6.45) is 0.660. The van der Waals surface area contributed by atoms with Crippen LogP contribution in [0, 0.1) is 5.92 Å². The molecule has 142 valence electrons. The third-order valence-corrected chi connectivity index (χ3v) is 4.30. The van der Waals surface area contributed by atoms with Crippen molar-refractivity contribution in [3.63, 3.8) is 0 Å². The van der Waals surface area contributed by atoms with Gasteiger partial charge in [-0.15, -0.1) is 0 Å². The van der Waals surface area contributed by atoms with Gasteiger partial charge in [-0.25, -0.2) is 4.79 Å². The first-order chi connectivity index (χ1) is 10.7. The third-order valence-electron chi connectivity index (χ3n) is 3.14. The molecule has 9 nitrogen and oxygen atoms in total. The van der Waals surface area contributed by atoms with Crippen molar-refractivity contribution in [1.29, 1.82) is 0 Å². The normalized spacial score (nSPS) is 23.1. The number of likely N-dealkylation sites (tertiary alicyclic amines) is 1. The van der Waals surface area contributed by atoms with E-state index in [1.807, 2.05) is 0 Å². The van der Waals surface area contributed by atoms with E-state index in [-0.39, 0.29) is 19.7 Å². The number of hydrogen-bond acceptors (Lipinski definition) is 8. The van der Waals surface area contributed by atoms with E-state index < -0.39 is 44.0 Å². The SMILES string of the molecule is CC(C)(C)OC(=O)N1CCC(COS(C)(=O)=O)C(OS(C)(=O)=O)C1. The molecule has 2 atom stereocenters. The van der Waals surface area contributed by atoms with Gasteiger partial charge in [0.15, 0.2) is 0 Å². The Balaban J connectivity index is 2.82. The summed E-state index contributed by atoms with van der Waals surface area (Å²) in [6.45, 7) is 5.23. The largest absolute Gasteiger partial charge is 0.444 e. The summed E-state index contributed by atoms with van der Waals surface area (Å²) >= 11 is 0. The Morgan fingerprint density at radius 2 is 1.71 bits per heavy atom. The second-order valence-corrected chi connectivity index (χ2v) is 10.0. The summed E-state index contributed by atoms with van der Waals surface area (Å²) in [7, 11) is -7.43. The minimum absolute atomic E-state index is 0.0280. The maximum atomic E-state index is 12.1. The van der Waals surface area contributed by atoms with Gasteiger partial charge in [0.05, 0.1) is 31.8 Å². The van der Waals surface area contributed by atoms with Gasteiger partial charge in [0.1, 0.15) is 5.60 Å². The lowest BCUT2D eigenvalue weighted by molar-refractivity contribution is -0.0108. The summed E-state index contributed by atoms with van der Waals surface area (Å²) in [6, 6.07) is 0. The van der Waals surface area contributed by atoms with E-state index >= 15 is 0 Å². The first-order valence-electron chi connectivity index (χ1n) is 7.37. The van der Waals surface area contributed by atoms with Crippen LogP contribution in [-0.4, -0.2) is 71.7 Å². The zero-order chi connectivity index (χ0) is 18.8. The molecule has 0 spiro atoms. The molecule has 1 saturated heterocycles. The average Bonchev–Trinajstić information content (AvgIpc) is 2.32. The van der Waals surface area contributed by atoms with Crippen LogP contribution in [0.4, 0.5) is 4.79 Å². The predicted octanol–water partition coefficient (Wildman–Crippen LogP) is 0.564. The van der Waals surface area contributed by atoms with Crippen LogP contribution in [-0.2, 0) is 33.3 Å². The molecule has 1 amide bonds. The highest BCUT2D eigenvalue weighted by atomic mass is 32.2. The Morgan fingerprint density at radius 1 is 1.12 bits per heavy atom. The molecule has 0 aromatic carbocycles. The van der Waals surface area contributed by atoms with Crippen molar-refractivity contribution < 1.29 is 34.7 Å². The first-order valence-corrected chi connectivity index (χ1v) is 11.0. The van der Waals surface area contributed by atoms with Gasteiger partial charge in [-0.3, -0.25) is 8.37 Å². The zero-order valence-electron chi connectivity index (χ0n) is 14.5. The monoisotopic (exact) mass is 387 g/mol. The van der Waals surface area contributed by atoms with Gasteiger partial charge in [0, 0.05) is 12.5 Å². The Hall–Kier alpha value is -0.910. The molecule has 0 radical (unpaired) electrons. The van der Waals surface area contributed by atoms with Gasteiger partial charge in [0.2, 0.25) is 0 Å². The molecule has 0 saturated carbocycles. The van der Waals surface area contributed by atoms with Gasteiger partial charge < -0.3 is 9.64 Å². The quantitative estimate of drug-likeness (QED) is 0.628. The van der Waals surface area contributed by atoms with Crippen LogP contribution in [0.5, 0.6) is 0 Å². The average molecular weight is 387 g/mol. The molecule has 1 fully saturated rings. The van der Waals surface area contributed by atoms with Gasteiger partial charge in [-0.1, -0.05) is 0 Å². The Labute approximate surface area is 143 Å². The maximum Gasteiger partial charge on any atom is 0.410 e. The van der Waals surface area contributed by atoms with Crippen molar-refractivity contribution in [2.24, 2.45) is 5.92 Å². The molecule has 0 N–H and O–H groups in total. The van der Waals surface area contributed by atoms with Crippen LogP contribution < -0.4 is 0 Å². The van der Waals surface area contributed by atoms with Gasteiger partial charge in [-0.2, -0.15) is 16.8 Å². The number of carbonyl (C=O) groups is 1. The summed E-state index contributed by atoms with van der Waals surface area (Å²) in [4.78, 5) is 13.5. The van der Waals surface area contributed by atoms with Crippen LogP contribution in [0.15, 0.2) is 0 Å². The maximum absolute atomic E-state index is 12.1. The minimum atomic E-state index is -3.78. The molecule has 1 aliphatic rings. The smallest absolute Gasteiger partial charge is 0.410 e. The molecule has 2 unspecified atom stereocenters. The van der Waals surface area contributed by atoms with E-state index in [0.717, 1.165) is 12.5 Å². The fourth-order valence-electron chi connectivity index (χ4n) is 2.19. The molecule has 0 bridgehead atoms. The molecular formula is C13H25NO8S2. The summed E-state index contributed by atoms with van der Waals surface area (Å²) in [5, 5.41) is 0. The van der Waals surface area contributed by atoms with Crippen LogP contribution >= 0.6 is 0 Å². The predicted molar refractivity (Wildman–Crippen MR) is 86.4 cm³/mol. The van der Waals surface area contributed by atoms with Crippen molar-refractivity contribution in [1.82, 2.24) is 4.90 Å². The third kappa shape index (κ3) is 8.27. The lowest BCUT2D eigenvalue weighted by atomic mass is 9.95. The Morgan fingerprint density at radius 3 is 2.17 bits per heavy atom. The summed E-state index contributed by atoms with van der Waals surface area (Å²) in [5.41, 5.74) is -0.680. The summed E-state index contributed by atoms with van der Waals surface area (Å²) in [5.74, 6) is -0.479. The van der Waals surface area contributed by atoms with Crippen LogP contribution in [0.1, 0.15) is 27.2 Å². The van der Waals surface area contributed by atoms with E-state index in [2.05, 4.69) is 0 Å². The Bertz CT molecular complexity index is 650. The molecule has 1 aliphatic heterocycles. The second kappa shape index (κ2) is 7.54. The topological polar surface area (TPSA) is 116 Å². The number of hydrogen-bond donors (Lipinski definition) is 0. The van der Waals surface area contributed by atoms with E-state index in [1.165, 1.54) is 4.90 Å². The molecule has 24 heavy (non-hydrogen) atoms. The number of piperidine rings is 1. The minimum Gasteiger partial charge on any atom is -0.444 e. The zero-order valence-corrected chi connectivity index (χ0v) is 16.1.